The van der Waals surface area contributed by atoms with Crippen molar-refractivity contribution in [3.63, 3.8) is 0 Å². The van der Waals surface area contributed by atoms with E-state index >= 15 is 0 Å². The standard InChI is InChI=1S/C24H23ClN2O6/c1-3-5-13-33-23(30)15-9-11-17(12-10-15)26-20-19(25)21(28)27(22(20)29)18-8-6-7-16(14-18)24(31)32-4-2/h6-12,14,26H,3-5,13H2,1-2H3. The number of hydrogen-bond donors (Lipinski definition) is 1. The number of unbranched alkanes of at least 4 members (excludes halogenated alkanes) is 1. The number of ether oxygens (including phenoxy) is 2. The zero-order valence-corrected chi connectivity index (χ0v) is 19.0. The van der Waals surface area contributed by atoms with Gasteiger partial charge in [-0.05, 0) is 55.8 Å². The first-order chi connectivity index (χ1) is 15.9. The van der Waals surface area contributed by atoms with Crippen molar-refractivity contribution in [2.45, 2.75) is 26.7 Å². The minimum Gasteiger partial charge on any atom is -0.462 e. The van der Waals surface area contributed by atoms with E-state index in [1.54, 1.807) is 37.3 Å². The van der Waals surface area contributed by atoms with Gasteiger partial charge >= 0.3 is 11.9 Å². The molecule has 0 atom stereocenters. The molecule has 1 aliphatic heterocycles. The van der Waals surface area contributed by atoms with Crippen molar-refractivity contribution in [3.8, 4) is 0 Å². The van der Waals surface area contributed by atoms with Gasteiger partial charge in [-0.25, -0.2) is 14.5 Å². The van der Waals surface area contributed by atoms with E-state index in [-0.39, 0.29) is 28.6 Å². The zero-order chi connectivity index (χ0) is 24.0. The van der Waals surface area contributed by atoms with Gasteiger partial charge in [0.25, 0.3) is 11.8 Å². The van der Waals surface area contributed by atoms with Crippen molar-refractivity contribution < 1.29 is 28.7 Å². The largest absolute Gasteiger partial charge is 0.462 e. The van der Waals surface area contributed by atoms with E-state index in [1.807, 2.05) is 6.92 Å². The second-order valence-electron chi connectivity index (χ2n) is 7.10. The molecule has 172 valence electrons. The fourth-order valence-corrected chi connectivity index (χ4v) is 3.27. The molecule has 0 aliphatic carbocycles. The Morgan fingerprint density at radius 3 is 2.30 bits per heavy atom. The summed E-state index contributed by atoms with van der Waals surface area (Å²) in [5, 5.41) is 2.55. The van der Waals surface area contributed by atoms with Crippen LogP contribution in [0.3, 0.4) is 0 Å². The molecule has 2 aromatic carbocycles. The molecular weight excluding hydrogens is 448 g/mol. The lowest BCUT2D eigenvalue weighted by Crippen LogP contribution is -2.32. The maximum Gasteiger partial charge on any atom is 0.338 e. The maximum atomic E-state index is 13.0. The second-order valence-corrected chi connectivity index (χ2v) is 7.48. The number of amides is 2. The molecule has 1 heterocycles. The fourth-order valence-electron chi connectivity index (χ4n) is 3.06. The molecule has 0 saturated heterocycles. The smallest absolute Gasteiger partial charge is 0.338 e. The first-order valence-corrected chi connectivity index (χ1v) is 10.8. The van der Waals surface area contributed by atoms with E-state index in [2.05, 4.69) is 5.32 Å². The van der Waals surface area contributed by atoms with Gasteiger partial charge in [-0.15, -0.1) is 0 Å². The molecule has 0 radical (unpaired) electrons. The molecule has 8 nitrogen and oxygen atoms in total. The van der Waals surface area contributed by atoms with Gasteiger partial charge in [-0.1, -0.05) is 31.0 Å². The minimum absolute atomic E-state index is 0.110. The number of rotatable bonds is 9. The van der Waals surface area contributed by atoms with Gasteiger partial charge in [0.2, 0.25) is 0 Å². The molecule has 3 rings (SSSR count). The van der Waals surface area contributed by atoms with Crippen LogP contribution in [0.15, 0.2) is 59.3 Å². The van der Waals surface area contributed by atoms with Crippen molar-refractivity contribution in [1.29, 1.82) is 0 Å². The average Bonchev–Trinajstić information content (AvgIpc) is 3.03. The molecule has 2 amide bonds. The molecule has 2 aromatic rings. The predicted molar refractivity (Wildman–Crippen MR) is 123 cm³/mol. The van der Waals surface area contributed by atoms with Crippen LogP contribution in [0.5, 0.6) is 0 Å². The van der Waals surface area contributed by atoms with Crippen LogP contribution < -0.4 is 10.2 Å². The zero-order valence-electron chi connectivity index (χ0n) is 18.2. The number of nitrogens with zero attached hydrogens (tertiary/aromatic N) is 1. The second kappa shape index (κ2) is 10.8. The predicted octanol–water partition coefficient (Wildman–Crippen LogP) is 4.26. The first-order valence-electron chi connectivity index (χ1n) is 10.5. The number of carbonyl (C=O) groups excluding carboxylic acids is 4. The van der Waals surface area contributed by atoms with Gasteiger partial charge in [0.05, 0.1) is 30.0 Å². The molecule has 1 aliphatic rings. The van der Waals surface area contributed by atoms with Crippen LogP contribution in [0.1, 0.15) is 47.4 Å². The van der Waals surface area contributed by atoms with Crippen molar-refractivity contribution in [2.24, 2.45) is 0 Å². The number of anilines is 2. The van der Waals surface area contributed by atoms with Gasteiger partial charge in [-0.3, -0.25) is 9.59 Å². The molecule has 0 fully saturated rings. The highest BCUT2D eigenvalue weighted by Crippen LogP contribution is 2.30. The van der Waals surface area contributed by atoms with Crippen molar-refractivity contribution in [3.05, 3.63) is 70.4 Å². The number of imide groups is 1. The number of halogens is 1. The van der Waals surface area contributed by atoms with Crippen LogP contribution in [0.4, 0.5) is 11.4 Å². The summed E-state index contributed by atoms with van der Waals surface area (Å²) in [6, 6.07) is 12.2. The fraction of sp³-hybridized carbons (Fsp3) is 0.250. The van der Waals surface area contributed by atoms with Crippen molar-refractivity contribution in [1.82, 2.24) is 0 Å². The first kappa shape index (κ1) is 24.0. The molecule has 0 aromatic heterocycles. The Bertz CT molecular complexity index is 1110. The van der Waals surface area contributed by atoms with Crippen LogP contribution in [-0.4, -0.2) is 37.0 Å². The summed E-state index contributed by atoms with van der Waals surface area (Å²) in [5.74, 6) is -2.40. The van der Waals surface area contributed by atoms with Gasteiger partial charge < -0.3 is 14.8 Å². The maximum absolute atomic E-state index is 13.0. The summed E-state index contributed by atoms with van der Waals surface area (Å²) in [6.45, 7) is 4.23. The molecular formula is C24H23ClN2O6. The van der Waals surface area contributed by atoms with Crippen LogP contribution in [-0.2, 0) is 19.1 Å². The highest BCUT2D eigenvalue weighted by molar-refractivity contribution is 6.53. The van der Waals surface area contributed by atoms with Gasteiger partial charge in [0.15, 0.2) is 0 Å². The summed E-state index contributed by atoms with van der Waals surface area (Å²) < 4.78 is 10.1. The molecule has 33 heavy (non-hydrogen) atoms. The van der Waals surface area contributed by atoms with Crippen LogP contribution in [0, 0.1) is 0 Å². The van der Waals surface area contributed by atoms with Crippen LogP contribution in [0.25, 0.3) is 0 Å². The number of nitrogens with one attached hydrogen (secondary N) is 1. The molecule has 1 N–H and O–H groups in total. The third-order valence-electron chi connectivity index (χ3n) is 4.76. The SMILES string of the molecule is CCCCOC(=O)c1ccc(NC2=C(Cl)C(=O)N(c3cccc(C(=O)OCC)c3)C2=O)cc1. The Balaban J connectivity index is 1.75. The number of hydrogen-bond acceptors (Lipinski definition) is 7. The third kappa shape index (κ3) is 5.40. The van der Waals surface area contributed by atoms with E-state index in [4.69, 9.17) is 21.1 Å². The number of carbonyl (C=O) groups is 4. The van der Waals surface area contributed by atoms with Crippen molar-refractivity contribution >= 4 is 46.7 Å². The van der Waals surface area contributed by atoms with Gasteiger partial charge in [-0.2, -0.15) is 0 Å². The summed E-state index contributed by atoms with van der Waals surface area (Å²) in [7, 11) is 0. The lowest BCUT2D eigenvalue weighted by molar-refractivity contribution is -0.120. The molecule has 0 unspecified atom stereocenters. The molecule has 0 saturated carbocycles. The quantitative estimate of drug-likeness (QED) is 0.332. The van der Waals surface area contributed by atoms with Crippen LogP contribution >= 0.6 is 11.6 Å². The summed E-state index contributed by atoms with van der Waals surface area (Å²) in [4.78, 5) is 50.6. The Morgan fingerprint density at radius 1 is 0.939 bits per heavy atom. The van der Waals surface area contributed by atoms with Crippen LogP contribution in [0.2, 0.25) is 0 Å². The number of esters is 2. The molecule has 0 spiro atoms. The van der Waals surface area contributed by atoms with E-state index in [0.29, 0.717) is 17.9 Å². The topological polar surface area (TPSA) is 102 Å². The van der Waals surface area contributed by atoms with E-state index in [0.717, 1.165) is 17.7 Å². The summed E-state index contributed by atoms with van der Waals surface area (Å²) in [5.41, 5.74) is 1.10. The number of benzene rings is 2. The molecule has 9 heteroatoms. The van der Waals surface area contributed by atoms with E-state index < -0.39 is 23.8 Å². The third-order valence-corrected chi connectivity index (χ3v) is 5.11. The summed E-state index contributed by atoms with van der Waals surface area (Å²) >= 11 is 6.16. The minimum atomic E-state index is -0.721. The van der Waals surface area contributed by atoms with Gasteiger partial charge in [0, 0.05) is 5.69 Å². The monoisotopic (exact) mass is 470 g/mol. The highest BCUT2D eigenvalue weighted by atomic mass is 35.5. The normalized spacial score (nSPS) is 13.4. The summed E-state index contributed by atoms with van der Waals surface area (Å²) in [6.07, 6.45) is 1.70. The van der Waals surface area contributed by atoms with Gasteiger partial charge in [0.1, 0.15) is 10.7 Å². The van der Waals surface area contributed by atoms with E-state index in [9.17, 15) is 19.2 Å². The van der Waals surface area contributed by atoms with Crippen molar-refractivity contribution in [2.75, 3.05) is 23.4 Å². The Hall–Kier alpha value is -3.65. The molecule has 0 bridgehead atoms. The lowest BCUT2D eigenvalue weighted by Gasteiger charge is -2.16. The lowest BCUT2D eigenvalue weighted by atomic mass is 10.2. The Labute approximate surface area is 196 Å². The highest BCUT2D eigenvalue weighted by Gasteiger charge is 2.39. The average molecular weight is 471 g/mol. The van der Waals surface area contributed by atoms with E-state index in [1.165, 1.54) is 18.2 Å². The Kier molecular flexibility index (Phi) is 7.84. The Morgan fingerprint density at radius 2 is 1.64 bits per heavy atom.